The van der Waals surface area contributed by atoms with Crippen molar-refractivity contribution in [1.29, 1.82) is 0 Å². The average Bonchev–Trinajstić information content (AvgIpc) is 2.05. The smallest absolute Gasteiger partial charge is 0.443 e. The SMILES string of the molecule is C[N+](C)=C(O)N1CCOCC1. The van der Waals surface area contributed by atoms with E-state index in [4.69, 9.17) is 4.74 Å². The first-order valence-electron chi connectivity index (χ1n) is 3.78. The lowest BCUT2D eigenvalue weighted by molar-refractivity contribution is -0.480. The van der Waals surface area contributed by atoms with Crippen LogP contribution in [0.1, 0.15) is 0 Å². The van der Waals surface area contributed by atoms with Gasteiger partial charge in [0.25, 0.3) is 0 Å². The number of aliphatic hydroxyl groups excluding tert-OH is 1. The highest BCUT2D eigenvalue weighted by Gasteiger charge is 2.21. The van der Waals surface area contributed by atoms with Crippen LogP contribution in [0, 0.1) is 0 Å². The standard InChI is InChI=1S/C7H14N2O2/c1-8(2)7(10)9-3-5-11-6-4-9/h3-6H2,1-2H3/p+1. The topological polar surface area (TPSA) is 35.7 Å². The maximum atomic E-state index is 9.46. The van der Waals surface area contributed by atoms with Crippen molar-refractivity contribution in [1.82, 2.24) is 4.90 Å². The third kappa shape index (κ3) is 2.08. The minimum absolute atomic E-state index is 0.327. The number of hydrogen-bond acceptors (Lipinski definition) is 1. The Morgan fingerprint density at radius 3 is 2.36 bits per heavy atom. The summed E-state index contributed by atoms with van der Waals surface area (Å²) < 4.78 is 6.84. The molecule has 1 N–H and O–H groups in total. The van der Waals surface area contributed by atoms with Crippen LogP contribution < -0.4 is 0 Å². The molecule has 4 heteroatoms. The van der Waals surface area contributed by atoms with Gasteiger partial charge in [0.15, 0.2) is 0 Å². The molecule has 0 bridgehead atoms. The number of ether oxygens (including phenoxy) is 1. The molecule has 1 heterocycles. The first kappa shape index (κ1) is 8.33. The summed E-state index contributed by atoms with van der Waals surface area (Å²) in [5.41, 5.74) is 0. The Kier molecular flexibility index (Phi) is 2.70. The van der Waals surface area contributed by atoms with Crippen LogP contribution >= 0.6 is 0 Å². The van der Waals surface area contributed by atoms with Crippen LogP contribution in [0.5, 0.6) is 0 Å². The van der Waals surface area contributed by atoms with Crippen LogP contribution in [-0.2, 0) is 4.74 Å². The Bertz CT molecular complexity index is 158. The second-order valence-electron chi connectivity index (χ2n) is 2.79. The van der Waals surface area contributed by atoms with Crippen LogP contribution in [-0.4, -0.2) is 61.0 Å². The molecule has 0 radical (unpaired) electrons. The van der Waals surface area contributed by atoms with Crippen molar-refractivity contribution < 1.29 is 14.4 Å². The number of amidine groups is 1. The lowest BCUT2D eigenvalue weighted by atomic mass is 10.4. The minimum Gasteiger partial charge on any atom is -0.447 e. The fourth-order valence-electron chi connectivity index (χ4n) is 1.05. The number of morpholine rings is 1. The van der Waals surface area contributed by atoms with Gasteiger partial charge >= 0.3 is 6.02 Å². The molecule has 0 saturated carbocycles. The highest BCUT2D eigenvalue weighted by atomic mass is 16.5. The van der Waals surface area contributed by atoms with E-state index in [0.717, 1.165) is 13.1 Å². The van der Waals surface area contributed by atoms with Gasteiger partial charge in [-0.2, -0.15) is 0 Å². The molecule has 1 rings (SSSR count). The third-order valence-electron chi connectivity index (χ3n) is 1.69. The van der Waals surface area contributed by atoms with E-state index in [0.29, 0.717) is 19.2 Å². The molecule has 1 aliphatic heterocycles. The van der Waals surface area contributed by atoms with Gasteiger partial charge in [0.2, 0.25) is 0 Å². The molecule has 64 valence electrons. The Labute approximate surface area is 66.7 Å². The van der Waals surface area contributed by atoms with Gasteiger partial charge in [0.05, 0.1) is 27.3 Å². The van der Waals surface area contributed by atoms with Crippen LogP contribution in [0.25, 0.3) is 0 Å². The monoisotopic (exact) mass is 159 g/mol. The summed E-state index contributed by atoms with van der Waals surface area (Å²) in [5, 5.41) is 9.46. The maximum Gasteiger partial charge on any atom is 0.443 e. The fourth-order valence-corrected chi connectivity index (χ4v) is 1.05. The van der Waals surface area contributed by atoms with Crippen LogP contribution in [0.4, 0.5) is 0 Å². The molecule has 1 fully saturated rings. The summed E-state index contributed by atoms with van der Waals surface area (Å²) in [6.07, 6.45) is 0. The second kappa shape index (κ2) is 3.57. The summed E-state index contributed by atoms with van der Waals surface area (Å²) in [6, 6.07) is 0.327. The molecule has 0 aliphatic carbocycles. The van der Waals surface area contributed by atoms with Crippen molar-refractivity contribution in [3.63, 3.8) is 0 Å². The highest BCUT2D eigenvalue weighted by molar-refractivity contribution is 5.65. The summed E-state index contributed by atoms with van der Waals surface area (Å²) in [5.74, 6) is 0. The fraction of sp³-hybridized carbons (Fsp3) is 0.857. The molecule has 0 aromatic heterocycles. The molecule has 0 amide bonds. The van der Waals surface area contributed by atoms with Crippen LogP contribution in [0.3, 0.4) is 0 Å². The molecule has 1 saturated heterocycles. The molecule has 0 spiro atoms. The van der Waals surface area contributed by atoms with Crippen molar-refractivity contribution in [3.05, 3.63) is 0 Å². The van der Waals surface area contributed by atoms with Crippen molar-refractivity contribution in [3.8, 4) is 0 Å². The molecule has 1 aliphatic rings. The molecule has 0 atom stereocenters. The van der Waals surface area contributed by atoms with E-state index in [9.17, 15) is 5.11 Å². The van der Waals surface area contributed by atoms with E-state index in [1.807, 2.05) is 19.0 Å². The molecule has 0 unspecified atom stereocenters. The maximum absolute atomic E-state index is 9.46. The zero-order valence-corrected chi connectivity index (χ0v) is 7.08. The zero-order chi connectivity index (χ0) is 8.27. The van der Waals surface area contributed by atoms with Crippen molar-refractivity contribution in [2.75, 3.05) is 40.4 Å². The molecule has 4 nitrogen and oxygen atoms in total. The van der Waals surface area contributed by atoms with Gasteiger partial charge in [0, 0.05) is 0 Å². The van der Waals surface area contributed by atoms with Gasteiger partial charge in [0.1, 0.15) is 13.1 Å². The predicted molar refractivity (Wildman–Crippen MR) is 42.1 cm³/mol. The largest absolute Gasteiger partial charge is 0.447 e. The molecule has 0 aromatic carbocycles. The summed E-state index contributed by atoms with van der Waals surface area (Å²) in [4.78, 5) is 1.91. The average molecular weight is 159 g/mol. The van der Waals surface area contributed by atoms with E-state index in [1.165, 1.54) is 0 Å². The second-order valence-corrected chi connectivity index (χ2v) is 2.79. The Morgan fingerprint density at radius 1 is 1.36 bits per heavy atom. The van der Waals surface area contributed by atoms with Gasteiger partial charge in [-0.3, -0.25) is 0 Å². The van der Waals surface area contributed by atoms with Crippen molar-refractivity contribution in [2.24, 2.45) is 0 Å². The van der Waals surface area contributed by atoms with Crippen LogP contribution in [0.2, 0.25) is 0 Å². The van der Waals surface area contributed by atoms with Gasteiger partial charge in [-0.05, 0) is 0 Å². The molecule has 0 aromatic rings. The predicted octanol–water partition coefficient (Wildman–Crippen LogP) is -0.495. The van der Waals surface area contributed by atoms with Gasteiger partial charge in [-0.25, -0.2) is 9.48 Å². The minimum atomic E-state index is 0.327. The van der Waals surface area contributed by atoms with Gasteiger partial charge < -0.3 is 9.84 Å². The summed E-state index contributed by atoms with van der Waals surface area (Å²) >= 11 is 0. The van der Waals surface area contributed by atoms with Gasteiger partial charge in [-0.15, -0.1) is 0 Å². The van der Waals surface area contributed by atoms with E-state index < -0.39 is 0 Å². The number of aliphatic hydroxyl groups is 1. The van der Waals surface area contributed by atoms with Crippen LogP contribution in [0.15, 0.2) is 0 Å². The Morgan fingerprint density at radius 2 is 1.91 bits per heavy atom. The van der Waals surface area contributed by atoms with E-state index in [-0.39, 0.29) is 0 Å². The lowest BCUT2D eigenvalue weighted by Gasteiger charge is -2.20. The number of nitrogens with zero attached hydrogens (tertiary/aromatic N) is 2. The number of rotatable bonds is 0. The van der Waals surface area contributed by atoms with E-state index in [1.54, 1.807) is 4.58 Å². The zero-order valence-electron chi connectivity index (χ0n) is 7.08. The molecular weight excluding hydrogens is 144 g/mol. The molecular formula is C7H15N2O2+. The van der Waals surface area contributed by atoms with E-state index >= 15 is 0 Å². The Hall–Kier alpha value is -0.770. The highest BCUT2D eigenvalue weighted by Crippen LogP contribution is 1.95. The first-order chi connectivity index (χ1) is 5.22. The Balaban J connectivity index is 2.52. The summed E-state index contributed by atoms with van der Waals surface area (Å²) in [6.45, 7) is 2.98. The van der Waals surface area contributed by atoms with E-state index in [2.05, 4.69) is 0 Å². The van der Waals surface area contributed by atoms with Gasteiger partial charge in [-0.1, -0.05) is 0 Å². The normalized spacial score (nSPS) is 18.2. The quantitative estimate of drug-likeness (QED) is 0.294. The third-order valence-corrected chi connectivity index (χ3v) is 1.69. The first-order valence-corrected chi connectivity index (χ1v) is 3.78. The number of hydrogen-bond donors (Lipinski definition) is 1. The van der Waals surface area contributed by atoms with Crippen molar-refractivity contribution >= 4 is 6.02 Å². The molecule has 11 heavy (non-hydrogen) atoms. The lowest BCUT2D eigenvalue weighted by Crippen LogP contribution is -2.43. The van der Waals surface area contributed by atoms with Crippen molar-refractivity contribution in [2.45, 2.75) is 0 Å². The summed E-state index contributed by atoms with van der Waals surface area (Å²) in [7, 11) is 3.65.